The fourth-order valence-corrected chi connectivity index (χ4v) is 3.98. The Labute approximate surface area is 148 Å². The van der Waals surface area contributed by atoms with Crippen molar-refractivity contribution in [2.75, 3.05) is 58.5 Å². The van der Waals surface area contributed by atoms with Crippen molar-refractivity contribution in [2.45, 2.75) is 6.42 Å². The number of piperazine rings is 1. The van der Waals surface area contributed by atoms with Gasteiger partial charge in [-0.05, 0) is 19.2 Å². The molecule has 1 fully saturated rings. The van der Waals surface area contributed by atoms with E-state index in [-0.39, 0.29) is 18.1 Å². The van der Waals surface area contributed by atoms with Gasteiger partial charge in [0.05, 0.1) is 20.0 Å². The lowest BCUT2D eigenvalue weighted by Gasteiger charge is -2.31. The highest BCUT2D eigenvalue weighted by Crippen LogP contribution is 2.29. The molecule has 1 saturated heterocycles. The Bertz CT molecular complexity index is 700. The smallest absolute Gasteiger partial charge is 0.225 e. The molecule has 25 heavy (non-hydrogen) atoms. The number of carbonyl (C=O) groups is 1. The Morgan fingerprint density at radius 1 is 1.12 bits per heavy atom. The van der Waals surface area contributed by atoms with Crippen LogP contribution in [0.2, 0.25) is 0 Å². The third kappa shape index (κ3) is 5.32. The number of carbonyl (C=O) groups excluding carboxylic acids is 1. The zero-order valence-corrected chi connectivity index (χ0v) is 15.6. The van der Waals surface area contributed by atoms with Crippen molar-refractivity contribution < 1.29 is 22.7 Å². The highest BCUT2D eigenvalue weighted by atomic mass is 32.2. The average molecular weight is 371 g/mol. The molecule has 0 atom stereocenters. The van der Waals surface area contributed by atoms with Crippen molar-refractivity contribution in [1.29, 1.82) is 0 Å². The van der Waals surface area contributed by atoms with Crippen molar-refractivity contribution in [1.82, 2.24) is 9.21 Å². The highest BCUT2D eigenvalue weighted by molar-refractivity contribution is 7.89. The Kier molecular flexibility index (Phi) is 6.63. The van der Waals surface area contributed by atoms with E-state index in [1.807, 2.05) is 7.05 Å². The molecule has 0 saturated carbocycles. The van der Waals surface area contributed by atoms with Gasteiger partial charge in [-0.15, -0.1) is 0 Å². The molecule has 0 aliphatic carbocycles. The summed E-state index contributed by atoms with van der Waals surface area (Å²) in [7, 11) is 1.58. The number of benzene rings is 1. The normalized spacial score (nSPS) is 16.4. The van der Waals surface area contributed by atoms with E-state index in [9.17, 15) is 13.2 Å². The fourth-order valence-electron chi connectivity index (χ4n) is 2.55. The molecule has 1 aromatic carbocycles. The maximum absolute atomic E-state index is 12.3. The molecule has 0 aromatic heterocycles. The van der Waals surface area contributed by atoms with Crippen LogP contribution in [0.5, 0.6) is 11.5 Å². The molecular weight excluding hydrogens is 346 g/mol. The molecule has 1 aliphatic heterocycles. The summed E-state index contributed by atoms with van der Waals surface area (Å²) in [6.07, 6.45) is -0.0942. The van der Waals surface area contributed by atoms with E-state index in [1.165, 1.54) is 18.5 Å². The Morgan fingerprint density at radius 3 is 2.36 bits per heavy atom. The lowest BCUT2D eigenvalue weighted by Crippen LogP contribution is -2.47. The lowest BCUT2D eigenvalue weighted by atomic mass is 10.2. The van der Waals surface area contributed by atoms with E-state index in [0.29, 0.717) is 43.4 Å². The van der Waals surface area contributed by atoms with Crippen LogP contribution in [0.15, 0.2) is 18.2 Å². The first-order valence-electron chi connectivity index (χ1n) is 8.04. The zero-order chi connectivity index (χ0) is 18.4. The molecule has 1 amide bonds. The number of ether oxygens (including phenoxy) is 2. The number of nitrogens with zero attached hydrogens (tertiary/aromatic N) is 2. The van der Waals surface area contributed by atoms with Gasteiger partial charge < -0.3 is 19.7 Å². The summed E-state index contributed by atoms with van der Waals surface area (Å²) in [6, 6.07) is 4.98. The van der Waals surface area contributed by atoms with Gasteiger partial charge in [-0.2, -0.15) is 4.31 Å². The van der Waals surface area contributed by atoms with Crippen molar-refractivity contribution >= 4 is 21.6 Å². The maximum Gasteiger partial charge on any atom is 0.225 e. The van der Waals surface area contributed by atoms with Crippen LogP contribution in [0.3, 0.4) is 0 Å². The van der Waals surface area contributed by atoms with Crippen molar-refractivity contribution in [3.63, 3.8) is 0 Å². The van der Waals surface area contributed by atoms with Crippen LogP contribution < -0.4 is 14.8 Å². The highest BCUT2D eigenvalue weighted by Gasteiger charge is 2.26. The number of methoxy groups -OCH3 is 2. The van der Waals surface area contributed by atoms with Crippen LogP contribution in [0, 0.1) is 0 Å². The zero-order valence-electron chi connectivity index (χ0n) is 14.8. The number of nitrogens with one attached hydrogen (secondary N) is 1. The monoisotopic (exact) mass is 371 g/mol. The third-order valence-electron chi connectivity index (χ3n) is 4.11. The van der Waals surface area contributed by atoms with Crippen LogP contribution >= 0.6 is 0 Å². The van der Waals surface area contributed by atoms with Gasteiger partial charge >= 0.3 is 0 Å². The number of anilines is 1. The molecule has 0 bridgehead atoms. The molecule has 8 nitrogen and oxygen atoms in total. The number of rotatable bonds is 7. The Hall–Kier alpha value is -1.84. The van der Waals surface area contributed by atoms with Gasteiger partial charge in [0, 0.05) is 44.4 Å². The average Bonchev–Trinajstić information content (AvgIpc) is 2.60. The first-order chi connectivity index (χ1) is 11.9. The summed E-state index contributed by atoms with van der Waals surface area (Å²) in [5.41, 5.74) is 0.527. The minimum atomic E-state index is -3.42. The Morgan fingerprint density at radius 2 is 1.76 bits per heavy atom. The molecule has 140 valence electrons. The van der Waals surface area contributed by atoms with Gasteiger partial charge in [0.15, 0.2) is 11.5 Å². The SMILES string of the molecule is COc1ccc(NC(=O)CCS(=O)(=O)N2CCN(C)CC2)cc1OC. The van der Waals surface area contributed by atoms with Gasteiger partial charge in [-0.3, -0.25) is 4.79 Å². The number of hydrogen-bond acceptors (Lipinski definition) is 6. The van der Waals surface area contributed by atoms with Gasteiger partial charge in [0.1, 0.15) is 0 Å². The van der Waals surface area contributed by atoms with E-state index in [2.05, 4.69) is 10.2 Å². The molecule has 0 unspecified atom stereocenters. The van der Waals surface area contributed by atoms with Gasteiger partial charge in [-0.1, -0.05) is 0 Å². The van der Waals surface area contributed by atoms with Gasteiger partial charge in [-0.25, -0.2) is 8.42 Å². The second-order valence-electron chi connectivity index (χ2n) is 5.89. The van der Waals surface area contributed by atoms with Crippen LogP contribution in [-0.2, 0) is 14.8 Å². The summed E-state index contributed by atoms with van der Waals surface area (Å²) in [6.45, 7) is 2.35. The van der Waals surface area contributed by atoms with E-state index < -0.39 is 10.0 Å². The molecule has 1 N–H and O–H groups in total. The molecule has 9 heteroatoms. The van der Waals surface area contributed by atoms with E-state index in [0.717, 1.165) is 0 Å². The van der Waals surface area contributed by atoms with Gasteiger partial charge in [0.25, 0.3) is 0 Å². The first kappa shape index (κ1) is 19.5. The minimum absolute atomic E-state index is 0.0942. The molecule has 1 aromatic rings. The van der Waals surface area contributed by atoms with E-state index >= 15 is 0 Å². The number of sulfonamides is 1. The third-order valence-corrected chi connectivity index (χ3v) is 5.98. The van der Waals surface area contributed by atoms with E-state index in [1.54, 1.807) is 18.2 Å². The van der Waals surface area contributed by atoms with Crippen molar-refractivity contribution in [3.8, 4) is 11.5 Å². The van der Waals surface area contributed by atoms with Crippen LogP contribution in [-0.4, -0.2) is 76.7 Å². The molecule has 1 aliphatic rings. The molecule has 0 spiro atoms. The molecule has 0 radical (unpaired) electrons. The summed E-state index contributed by atoms with van der Waals surface area (Å²) < 4.78 is 36.4. The largest absolute Gasteiger partial charge is 0.493 e. The van der Waals surface area contributed by atoms with Crippen LogP contribution in [0.4, 0.5) is 5.69 Å². The fraction of sp³-hybridized carbons (Fsp3) is 0.562. The van der Waals surface area contributed by atoms with Crippen molar-refractivity contribution in [2.24, 2.45) is 0 Å². The lowest BCUT2D eigenvalue weighted by molar-refractivity contribution is -0.115. The van der Waals surface area contributed by atoms with E-state index in [4.69, 9.17) is 9.47 Å². The van der Waals surface area contributed by atoms with Crippen LogP contribution in [0.1, 0.15) is 6.42 Å². The quantitative estimate of drug-likeness (QED) is 0.756. The summed E-state index contributed by atoms with van der Waals surface area (Å²) >= 11 is 0. The minimum Gasteiger partial charge on any atom is -0.493 e. The first-order valence-corrected chi connectivity index (χ1v) is 9.65. The summed E-state index contributed by atoms with van der Waals surface area (Å²) in [5.74, 6) is 0.490. The second kappa shape index (κ2) is 8.50. The second-order valence-corrected chi connectivity index (χ2v) is 7.97. The number of amides is 1. The van der Waals surface area contributed by atoms with Crippen LogP contribution in [0.25, 0.3) is 0 Å². The maximum atomic E-state index is 12.3. The summed E-state index contributed by atoms with van der Waals surface area (Å²) in [5, 5.41) is 2.68. The standard InChI is InChI=1S/C16H25N3O5S/c1-18-7-9-19(10-8-18)25(21,22)11-6-16(20)17-13-4-5-14(23-2)15(12-13)24-3/h4-5,12H,6-11H2,1-3H3,(H,17,20). The van der Waals surface area contributed by atoms with Gasteiger partial charge in [0.2, 0.25) is 15.9 Å². The molecule has 2 rings (SSSR count). The van der Waals surface area contributed by atoms with Crippen molar-refractivity contribution in [3.05, 3.63) is 18.2 Å². The summed E-state index contributed by atoms with van der Waals surface area (Å²) in [4.78, 5) is 14.2. The number of hydrogen-bond donors (Lipinski definition) is 1. The predicted molar refractivity (Wildman–Crippen MR) is 95.6 cm³/mol. The molecule has 1 heterocycles. The predicted octanol–water partition coefficient (Wildman–Crippen LogP) is 0.610. The number of likely N-dealkylation sites (N-methyl/N-ethyl adjacent to an activating group) is 1. The molecular formula is C16H25N3O5S. The topological polar surface area (TPSA) is 88.2 Å². The Balaban J connectivity index is 1.90.